The molecule has 78 heavy (non-hydrogen) atoms. The lowest BCUT2D eigenvalue weighted by molar-refractivity contribution is -0.167. The molecule has 13 heteroatoms. The molecule has 1 aliphatic heterocycles. The lowest BCUT2D eigenvalue weighted by atomic mass is 9.94. The Morgan fingerprint density at radius 3 is 1.27 bits per heavy atom. The van der Waals surface area contributed by atoms with Gasteiger partial charge in [0.05, 0.1) is 14.2 Å². The normalized spacial score (nSPS) is 12.1. The minimum absolute atomic E-state index is 0.0796. The van der Waals surface area contributed by atoms with Gasteiger partial charge in [0.2, 0.25) is 0 Å². The number of methoxy groups -OCH3 is 2. The van der Waals surface area contributed by atoms with Gasteiger partial charge in [-0.25, -0.2) is 4.79 Å². The molecule has 0 aliphatic carbocycles. The third-order valence-corrected chi connectivity index (χ3v) is 15.1. The second kappa shape index (κ2) is 46.3. The average Bonchev–Trinajstić information content (AvgIpc) is 3.93. The van der Waals surface area contributed by atoms with Gasteiger partial charge >= 0.3 is 35.8 Å². The molecule has 1 aromatic rings. The van der Waals surface area contributed by atoms with Gasteiger partial charge in [-0.15, -0.1) is 0 Å². The molecule has 0 atom stereocenters. The standard InChI is InChI=1S/C65H108O13/c1-7-9-11-13-15-17-19-21-23-25-29-33-37-41-58(67)74-49-54(50-75-59(68)42-38-34-30-26-24-22-20-18-16-14-12-10-8-2)77-60(69)43-39-35-31-27-28-32-36-40-44-61(70)78-64-55(47-45-52(3)46-48-57(66)72-5)63(73-6)53(4)56-51-76-65(71)62(56)64/h45,54H,7-44,46-51H2,1-6H3. The molecule has 1 aromatic carbocycles. The minimum Gasteiger partial charge on any atom is -0.496 e. The van der Waals surface area contributed by atoms with Crippen LogP contribution in [0.25, 0.3) is 0 Å². The molecule has 0 saturated carbocycles. The highest BCUT2D eigenvalue weighted by Gasteiger charge is 2.34. The van der Waals surface area contributed by atoms with Crippen molar-refractivity contribution in [1.29, 1.82) is 0 Å². The van der Waals surface area contributed by atoms with E-state index in [0.29, 0.717) is 55.4 Å². The van der Waals surface area contributed by atoms with Crippen molar-refractivity contribution >= 4 is 35.8 Å². The zero-order valence-electron chi connectivity index (χ0n) is 50.1. The molecule has 13 nitrogen and oxygen atoms in total. The Labute approximate surface area is 472 Å². The predicted octanol–water partition coefficient (Wildman–Crippen LogP) is 16.9. The molecule has 1 heterocycles. The SMILES string of the molecule is CCCCCCCCCCCCCCCC(=O)OCC(COC(=O)CCCCCCCCCCCCCCC)OC(=O)CCCCCCCCCCC(=O)Oc1c(CC=C(C)CCC(=O)OC)c(OC)c(C)c2c1C(=O)OC2. The fourth-order valence-electron chi connectivity index (χ4n) is 10.1. The van der Waals surface area contributed by atoms with Crippen molar-refractivity contribution in [3.63, 3.8) is 0 Å². The van der Waals surface area contributed by atoms with Gasteiger partial charge < -0.3 is 33.2 Å². The Bertz CT molecular complexity index is 1810. The summed E-state index contributed by atoms with van der Waals surface area (Å²) in [7, 11) is 2.90. The molecule has 0 bridgehead atoms. The van der Waals surface area contributed by atoms with E-state index in [1.807, 2.05) is 19.9 Å². The second-order valence-electron chi connectivity index (χ2n) is 22.0. The summed E-state index contributed by atoms with van der Waals surface area (Å²) in [4.78, 5) is 76.3. The lowest BCUT2D eigenvalue weighted by Crippen LogP contribution is -2.30. The summed E-state index contributed by atoms with van der Waals surface area (Å²) < 4.78 is 38.7. The van der Waals surface area contributed by atoms with E-state index in [2.05, 4.69) is 13.8 Å². The van der Waals surface area contributed by atoms with Gasteiger partial charge in [0.25, 0.3) is 0 Å². The van der Waals surface area contributed by atoms with Crippen LogP contribution in [0.2, 0.25) is 0 Å². The maximum atomic E-state index is 13.2. The molecular weight excluding hydrogens is 989 g/mol. The zero-order valence-corrected chi connectivity index (χ0v) is 50.1. The number of carbonyl (C=O) groups is 6. The monoisotopic (exact) mass is 1100 g/mol. The van der Waals surface area contributed by atoms with E-state index < -0.39 is 24.0 Å². The predicted molar refractivity (Wildman–Crippen MR) is 310 cm³/mol. The molecule has 446 valence electrons. The molecule has 0 radical (unpaired) electrons. The van der Waals surface area contributed by atoms with Crippen molar-refractivity contribution in [3.8, 4) is 11.5 Å². The number of cyclic esters (lactones) is 1. The molecule has 0 unspecified atom stereocenters. The first kappa shape index (κ1) is 69.7. The van der Waals surface area contributed by atoms with Crippen molar-refractivity contribution in [2.75, 3.05) is 27.4 Å². The van der Waals surface area contributed by atoms with E-state index >= 15 is 0 Å². The van der Waals surface area contributed by atoms with Gasteiger partial charge in [0.15, 0.2) is 11.9 Å². The number of esters is 6. The quantitative estimate of drug-likeness (QED) is 0.0199. The highest BCUT2D eigenvalue weighted by Crippen LogP contribution is 2.43. The molecule has 2 rings (SSSR count). The summed E-state index contributed by atoms with van der Waals surface area (Å²) in [6, 6.07) is 0. The minimum atomic E-state index is -0.850. The number of benzene rings is 1. The van der Waals surface area contributed by atoms with E-state index in [1.165, 1.54) is 136 Å². The first-order valence-electron chi connectivity index (χ1n) is 31.3. The van der Waals surface area contributed by atoms with Crippen LogP contribution in [0.3, 0.4) is 0 Å². The molecule has 1 aliphatic rings. The smallest absolute Gasteiger partial charge is 0.342 e. The number of hydrogen-bond donors (Lipinski definition) is 0. The highest BCUT2D eigenvalue weighted by molar-refractivity contribution is 5.99. The maximum absolute atomic E-state index is 13.2. The Morgan fingerprint density at radius 2 is 0.872 bits per heavy atom. The van der Waals surface area contributed by atoms with E-state index in [4.69, 9.17) is 33.2 Å². The number of rotatable bonds is 51. The second-order valence-corrected chi connectivity index (χ2v) is 22.0. The number of hydrogen-bond acceptors (Lipinski definition) is 13. The topological polar surface area (TPSA) is 167 Å². The number of unbranched alkanes of at least 4 members (excludes halogenated alkanes) is 31. The third kappa shape index (κ3) is 33.2. The molecule has 0 fully saturated rings. The van der Waals surface area contributed by atoms with Crippen molar-refractivity contribution in [1.82, 2.24) is 0 Å². The number of carbonyl (C=O) groups excluding carboxylic acids is 6. The maximum Gasteiger partial charge on any atom is 0.342 e. The Kier molecular flexibility index (Phi) is 41.4. The Hall–Kier alpha value is -4.42. The van der Waals surface area contributed by atoms with Crippen LogP contribution in [0.5, 0.6) is 11.5 Å². The fourth-order valence-corrected chi connectivity index (χ4v) is 10.1. The first-order chi connectivity index (χ1) is 37.9. The molecule has 0 N–H and O–H groups in total. The van der Waals surface area contributed by atoms with Crippen LogP contribution >= 0.6 is 0 Å². The van der Waals surface area contributed by atoms with Gasteiger partial charge in [-0.3, -0.25) is 24.0 Å². The van der Waals surface area contributed by atoms with Crippen LogP contribution in [0.4, 0.5) is 0 Å². The van der Waals surface area contributed by atoms with Crippen molar-refractivity contribution in [2.24, 2.45) is 0 Å². The molecule has 0 saturated heterocycles. The zero-order chi connectivity index (χ0) is 56.9. The van der Waals surface area contributed by atoms with Crippen LogP contribution in [-0.2, 0) is 60.7 Å². The van der Waals surface area contributed by atoms with Gasteiger partial charge in [-0.05, 0) is 57.9 Å². The molecular formula is C65H108O13. The summed E-state index contributed by atoms with van der Waals surface area (Å²) in [5.74, 6) is -1.60. The van der Waals surface area contributed by atoms with E-state index in [1.54, 1.807) is 7.11 Å². The fraction of sp³-hybridized carbons (Fsp3) is 0.785. The van der Waals surface area contributed by atoms with Crippen LogP contribution in [0.15, 0.2) is 11.6 Å². The van der Waals surface area contributed by atoms with Crippen molar-refractivity contribution in [2.45, 2.75) is 304 Å². The van der Waals surface area contributed by atoms with Crippen LogP contribution in [-0.4, -0.2) is 69.4 Å². The first-order valence-corrected chi connectivity index (χ1v) is 31.3. The van der Waals surface area contributed by atoms with E-state index in [0.717, 1.165) is 88.2 Å². The van der Waals surface area contributed by atoms with Crippen molar-refractivity contribution < 1.29 is 61.9 Å². The summed E-state index contributed by atoms with van der Waals surface area (Å²) in [6.07, 6.45) is 41.9. The highest BCUT2D eigenvalue weighted by atomic mass is 16.6. The van der Waals surface area contributed by atoms with Crippen molar-refractivity contribution in [3.05, 3.63) is 33.9 Å². The Balaban J connectivity index is 1.74. The lowest BCUT2D eigenvalue weighted by Gasteiger charge is -2.19. The number of ether oxygens (including phenoxy) is 7. The summed E-state index contributed by atoms with van der Waals surface area (Å²) in [5.41, 5.74) is 3.20. The van der Waals surface area contributed by atoms with Gasteiger partial charge in [-0.1, -0.05) is 218 Å². The summed E-state index contributed by atoms with van der Waals surface area (Å²) >= 11 is 0. The van der Waals surface area contributed by atoms with Gasteiger partial charge in [-0.2, -0.15) is 0 Å². The molecule has 0 spiro atoms. The number of allylic oxidation sites excluding steroid dienone is 2. The van der Waals surface area contributed by atoms with Crippen LogP contribution in [0, 0.1) is 6.92 Å². The number of fused-ring (bicyclic) bond motifs is 1. The average molecular weight is 1100 g/mol. The van der Waals surface area contributed by atoms with Gasteiger partial charge in [0, 0.05) is 43.2 Å². The molecule has 0 aromatic heterocycles. The third-order valence-electron chi connectivity index (χ3n) is 15.1. The summed E-state index contributed by atoms with van der Waals surface area (Å²) in [5, 5.41) is 0. The summed E-state index contributed by atoms with van der Waals surface area (Å²) in [6.45, 7) is 8.09. The van der Waals surface area contributed by atoms with Gasteiger partial charge in [0.1, 0.15) is 31.1 Å². The van der Waals surface area contributed by atoms with Crippen LogP contribution in [0.1, 0.15) is 305 Å². The molecule has 0 amide bonds. The van der Waals surface area contributed by atoms with E-state index in [9.17, 15) is 28.8 Å². The van der Waals surface area contributed by atoms with Crippen LogP contribution < -0.4 is 9.47 Å². The van der Waals surface area contributed by atoms with E-state index in [-0.39, 0.29) is 68.3 Å². The Morgan fingerprint density at radius 1 is 0.487 bits per heavy atom. The largest absolute Gasteiger partial charge is 0.496 e.